The van der Waals surface area contributed by atoms with E-state index in [1.54, 1.807) is 0 Å². The van der Waals surface area contributed by atoms with Gasteiger partial charge >= 0.3 is 0 Å². The van der Waals surface area contributed by atoms with Crippen molar-refractivity contribution >= 4 is 45.0 Å². The van der Waals surface area contributed by atoms with Gasteiger partial charge in [-0.3, -0.25) is 9.79 Å². The molecule has 0 aromatic heterocycles. The van der Waals surface area contributed by atoms with Crippen molar-refractivity contribution in [3.63, 3.8) is 0 Å². The summed E-state index contributed by atoms with van der Waals surface area (Å²) in [6, 6.07) is 8.53. The molecule has 5 N–H and O–H groups in total. The number of allylic oxidation sites excluding steroid dienone is 1. The Balaban J connectivity index is 1.87. The van der Waals surface area contributed by atoms with Gasteiger partial charge in [-0.25, -0.2) is 17.9 Å². The third-order valence-electron chi connectivity index (χ3n) is 4.43. The van der Waals surface area contributed by atoms with Gasteiger partial charge in [0.15, 0.2) is 0 Å². The normalized spacial score (nSPS) is 14.8. The van der Waals surface area contributed by atoms with E-state index in [9.17, 15) is 17.6 Å². The fourth-order valence-electron chi connectivity index (χ4n) is 2.75. The topological polar surface area (TPSA) is 128 Å². The maximum Gasteiger partial charge on any atom is 0.238 e. The Morgan fingerprint density at radius 3 is 2.63 bits per heavy atom. The zero-order chi connectivity index (χ0) is 21.9. The first kappa shape index (κ1) is 21.9. The van der Waals surface area contributed by atoms with Crippen molar-refractivity contribution in [1.29, 1.82) is 0 Å². The Morgan fingerprint density at radius 2 is 2.03 bits per heavy atom. The number of nitrogens with zero attached hydrogens (tertiary/aromatic N) is 1. The van der Waals surface area contributed by atoms with Crippen LogP contribution >= 0.6 is 11.6 Å². The summed E-state index contributed by atoms with van der Waals surface area (Å²) in [5.41, 5.74) is 6.53. The second-order valence-electron chi connectivity index (χ2n) is 6.81. The van der Waals surface area contributed by atoms with E-state index in [0.29, 0.717) is 5.57 Å². The molecule has 0 atom stereocenters. The number of sulfonamides is 1. The molecule has 1 aliphatic carbocycles. The number of aliphatic imine (C=N–C) groups is 1. The highest BCUT2D eigenvalue weighted by atomic mass is 35.5. The molecule has 0 heterocycles. The van der Waals surface area contributed by atoms with Crippen LogP contribution in [0.2, 0.25) is 5.02 Å². The largest absolute Gasteiger partial charge is 0.404 e. The number of nitrogens with two attached hydrogens (primary N) is 2. The zero-order valence-electron chi connectivity index (χ0n) is 15.8. The molecule has 30 heavy (non-hydrogen) atoms. The lowest BCUT2D eigenvalue weighted by molar-refractivity contribution is -0.115. The molecule has 2 aromatic rings. The van der Waals surface area contributed by atoms with Gasteiger partial charge in [0.2, 0.25) is 15.9 Å². The standard InChI is InChI=1S/C20H20ClFN4O3S/c21-17-2-1-3-18(22)16(17)9-20(27)26-14-6-7-15(19(8-14)30(24,28)29)12(10-23)11-25-13-4-5-13/h1-3,6-8,10-11,13H,4-5,9,23H2,(H,26,27)(H2,24,28,29). The number of halogens is 2. The smallest absolute Gasteiger partial charge is 0.238 e. The van der Waals surface area contributed by atoms with Crippen molar-refractivity contribution < 1.29 is 17.6 Å². The van der Waals surface area contributed by atoms with Crippen LogP contribution in [0, 0.1) is 5.82 Å². The molecule has 0 bridgehead atoms. The molecule has 0 unspecified atom stereocenters. The van der Waals surface area contributed by atoms with Gasteiger partial charge in [0.1, 0.15) is 5.82 Å². The minimum Gasteiger partial charge on any atom is -0.404 e. The maximum atomic E-state index is 13.9. The van der Waals surface area contributed by atoms with Crippen LogP contribution in [0.5, 0.6) is 0 Å². The van der Waals surface area contributed by atoms with Crippen molar-refractivity contribution in [3.8, 4) is 0 Å². The summed E-state index contributed by atoms with van der Waals surface area (Å²) in [6.45, 7) is 0. The predicted octanol–water partition coefficient (Wildman–Crippen LogP) is 2.84. The Hall–Kier alpha value is -2.75. The van der Waals surface area contributed by atoms with Crippen molar-refractivity contribution in [3.05, 3.63) is 64.6 Å². The quantitative estimate of drug-likeness (QED) is 0.560. The summed E-state index contributed by atoms with van der Waals surface area (Å²) in [5.74, 6) is -1.18. The van der Waals surface area contributed by atoms with Crippen LogP contribution in [0.4, 0.5) is 10.1 Å². The molecular formula is C20H20ClFN4O3S. The molecule has 3 rings (SSSR count). The van der Waals surface area contributed by atoms with Crippen LogP contribution in [0.25, 0.3) is 5.57 Å². The molecule has 0 spiro atoms. The third kappa shape index (κ3) is 5.44. The van der Waals surface area contributed by atoms with Gasteiger partial charge in [-0.2, -0.15) is 0 Å². The number of primary sulfonamides is 1. The summed E-state index contributed by atoms with van der Waals surface area (Å²) in [4.78, 5) is 16.4. The molecule has 1 amide bonds. The van der Waals surface area contributed by atoms with Gasteiger partial charge in [-0.1, -0.05) is 23.7 Å². The van der Waals surface area contributed by atoms with Crippen LogP contribution in [0.3, 0.4) is 0 Å². The zero-order valence-corrected chi connectivity index (χ0v) is 17.4. The molecule has 158 valence electrons. The first-order valence-corrected chi connectivity index (χ1v) is 11.0. The maximum absolute atomic E-state index is 13.9. The fraction of sp³-hybridized carbons (Fsp3) is 0.200. The van der Waals surface area contributed by atoms with E-state index in [0.717, 1.165) is 12.8 Å². The van der Waals surface area contributed by atoms with Crippen molar-refractivity contribution in [2.24, 2.45) is 15.9 Å². The Bertz CT molecular complexity index is 1120. The SMILES string of the molecule is NC=C(C=NC1CC1)c1ccc(NC(=O)Cc2c(F)cccc2Cl)cc1S(N)(=O)=O. The van der Waals surface area contributed by atoms with Gasteiger partial charge in [0.25, 0.3) is 0 Å². The van der Waals surface area contributed by atoms with E-state index in [2.05, 4.69) is 10.3 Å². The number of amides is 1. The number of hydrogen-bond donors (Lipinski definition) is 3. The summed E-state index contributed by atoms with van der Waals surface area (Å²) >= 11 is 5.94. The highest BCUT2D eigenvalue weighted by Crippen LogP contribution is 2.28. The Morgan fingerprint density at radius 1 is 1.30 bits per heavy atom. The number of carbonyl (C=O) groups excluding carboxylic acids is 1. The molecule has 0 saturated heterocycles. The van der Waals surface area contributed by atoms with E-state index in [1.807, 2.05) is 0 Å². The second kappa shape index (κ2) is 8.95. The van der Waals surface area contributed by atoms with E-state index >= 15 is 0 Å². The average molecular weight is 451 g/mol. The lowest BCUT2D eigenvalue weighted by atomic mass is 10.1. The monoisotopic (exact) mass is 450 g/mol. The van der Waals surface area contributed by atoms with Crippen LogP contribution in [0.15, 0.2) is 52.5 Å². The second-order valence-corrected chi connectivity index (χ2v) is 8.75. The Labute approximate surface area is 178 Å². The molecule has 1 aliphatic rings. The number of hydrogen-bond acceptors (Lipinski definition) is 5. The van der Waals surface area contributed by atoms with Crippen LogP contribution in [-0.2, 0) is 21.2 Å². The highest BCUT2D eigenvalue weighted by Gasteiger charge is 2.21. The predicted molar refractivity (Wildman–Crippen MR) is 115 cm³/mol. The minimum absolute atomic E-state index is 0.0459. The summed E-state index contributed by atoms with van der Waals surface area (Å²) < 4.78 is 38.2. The fourth-order valence-corrected chi connectivity index (χ4v) is 3.77. The summed E-state index contributed by atoms with van der Waals surface area (Å²) in [5, 5.41) is 8.02. The van der Waals surface area contributed by atoms with Gasteiger partial charge in [0, 0.05) is 39.8 Å². The van der Waals surface area contributed by atoms with Crippen LogP contribution in [-0.4, -0.2) is 26.6 Å². The van der Waals surface area contributed by atoms with Crippen molar-refractivity contribution in [2.75, 3.05) is 5.32 Å². The molecule has 0 radical (unpaired) electrons. The first-order chi connectivity index (χ1) is 14.2. The number of anilines is 1. The number of nitrogens with one attached hydrogen (secondary N) is 1. The van der Waals surface area contributed by atoms with E-state index < -0.39 is 21.7 Å². The van der Waals surface area contributed by atoms with E-state index in [4.69, 9.17) is 22.5 Å². The number of carbonyl (C=O) groups is 1. The first-order valence-electron chi connectivity index (χ1n) is 9.04. The number of benzene rings is 2. The van der Waals surface area contributed by atoms with E-state index in [-0.39, 0.29) is 39.2 Å². The lowest BCUT2D eigenvalue weighted by Crippen LogP contribution is -2.18. The van der Waals surface area contributed by atoms with Gasteiger partial charge in [-0.15, -0.1) is 0 Å². The van der Waals surface area contributed by atoms with Gasteiger partial charge in [-0.05, 0) is 37.1 Å². The average Bonchev–Trinajstić information content (AvgIpc) is 3.50. The van der Waals surface area contributed by atoms with Gasteiger partial charge in [0.05, 0.1) is 17.4 Å². The third-order valence-corrected chi connectivity index (χ3v) is 5.74. The summed E-state index contributed by atoms with van der Waals surface area (Å²) in [6.07, 6.45) is 4.40. The Kier molecular flexibility index (Phi) is 6.55. The minimum atomic E-state index is -4.13. The van der Waals surface area contributed by atoms with E-state index in [1.165, 1.54) is 48.8 Å². The molecular weight excluding hydrogens is 431 g/mol. The number of rotatable bonds is 7. The lowest BCUT2D eigenvalue weighted by Gasteiger charge is -2.12. The summed E-state index contributed by atoms with van der Waals surface area (Å²) in [7, 11) is -4.13. The molecule has 7 nitrogen and oxygen atoms in total. The molecule has 1 fully saturated rings. The van der Waals surface area contributed by atoms with Crippen molar-refractivity contribution in [2.45, 2.75) is 30.2 Å². The van der Waals surface area contributed by atoms with Crippen LogP contribution in [0.1, 0.15) is 24.0 Å². The molecule has 0 aliphatic heterocycles. The van der Waals surface area contributed by atoms with Gasteiger partial charge < -0.3 is 11.1 Å². The molecule has 10 heteroatoms. The molecule has 2 aromatic carbocycles. The molecule has 1 saturated carbocycles. The van der Waals surface area contributed by atoms with Crippen LogP contribution < -0.4 is 16.2 Å². The highest BCUT2D eigenvalue weighted by molar-refractivity contribution is 7.89. The van der Waals surface area contributed by atoms with Crippen molar-refractivity contribution in [1.82, 2.24) is 0 Å².